The van der Waals surface area contributed by atoms with Gasteiger partial charge in [0.15, 0.2) is 0 Å². The molecular weight excluding hydrogens is 282 g/mol. The molecule has 0 radical (unpaired) electrons. The highest BCUT2D eigenvalue weighted by atomic mass is 35.5. The van der Waals surface area contributed by atoms with Gasteiger partial charge in [-0.25, -0.2) is 4.98 Å². The predicted octanol–water partition coefficient (Wildman–Crippen LogP) is 4.85. The average Bonchev–Trinajstić information content (AvgIpc) is 2.50. The van der Waals surface area contributed by atoms with Crippen LogP contribution in [0.3, 0.4) is 0 Å². The highest BCUT2D eigenvalue weighted by Crippen LogP contribution is 2.29. The lowest BCUT2D eigenvalue weighted by atomic mass is 9.95. The van der Waals surface area contributed by atoms with Gasteiger partial charge in [-0.15, -0.1) is 0 Å². The van der Waals surface area contributed by atoms with Crippen LogP contribution in [0.25, 0.3) is 11.3 Å². The minimum Gasteiger partial charge on any atom is -0.367 e. The molecule has 2 heterocycles. The molecule has 2 aromatic rings. The fourth-order valence-corrected chi connectivity index (χ4v) is 3.06. The summed E-state index contributed by atoms with van der Waals surface area (Å²) in [4.78, 5) is 8.96. The van der Waals surface area contributed by atoms with Crippen LogP contribution in [0.1, 0.15) is 37.8 Å². The van der Waals surface area contributed by atoms with Crippen molar-refractivity contribution < 1.29 is 0 Å². The standard InChI is InChI=1S/C17H20ClN3/c1-12-6-5-9-16(20-12)14-10-17(19-11-15(14)18)21-13-7-3-2-4-8-13/h5-6,9-11,13H,2-4,7-8H2,1H3,(H,19,21). The zero-order valence-corrected chi connectivity index (χ0v) is 13.0. The number of aryl methyl sites for hydroxylation is 1. The number of halogens is 1. The molecule has 3 rings (SSSR count). The van der Waals surface area contributed by atoms with Crippen molar-refractivity contribution >= 4 is 17.4 Å². The molecule has 0 unspecified atom stereocenters. The number of nitrogens with zero attached hydrogens (tertiary/aromatic N) is 2. The van der Waals surface area contributed by atoms with Crippen molar-refractivity contribution in [3.05, 3.63) is 41.2 Å². The average molecular weight is 302 g/mol. The smallest absolute Gasteiger partial charge is 0.126 e. The van der Waals surface area contributed by atoms with E-state index in [-0.39, 0.29) is 0 Å². The Balaban J connectivity index is 1.85. The van der Waals surface area contributed by atoms with E-state index < -0.39 is 0 Å². The number of pyridine rings is 2. The van der Waals surface area contributed by atoms with Crippen molar-refractivity contribution in [2.75, 3.05) is 5.32 Å². The summed E-state index contributed by atoms with van der Waals surface area (Å²) >= 11 is 6.30. The Labute approximate surface area is 130 Å². The van der Waals surface area contributed by atoms with Gasteiger partial charge in [0.05, 0.1) is 10.7 Å². The van der Waals surface area contributed by atoms with Crippen LogP contribution in [0.4, 0.5) is 5.82 Å². The van der Waals surface area contributed by atoms with E-state index in [4.69, 9.17) is 11.6 Å². The quantitative estimate of drug-likeness (QED) is 0.880. The maximum Gasteiger partial charge on any atom is 0.126 e. The zero-order valence-electron chi connectivity index (χ0n) is 12.3. The van der Waals surface area contributed by atoms with Crippen molar-refractivity contribution in [3.63, 3.8) is 0 Å². The Morgan fingerprint density at radius 3 is 2.76 bits per heavy atom. The van der Waals surface area contributed by atoms with Gasteiger partial charge >= 0.3 is 0 Å². The number of hydrogen-bond acceptors (Lipinski definition) is 3. The number of aromatic nitrogens is 2. The molecular formula is C17H20ClN3. The summed E-state index contributed by atoms with van der Waals surface area (Å²) in [5.74, 6) is 0.893. The third kappa shape index (κ3) is 3.53. The number of anilines is 1. The third-order valence-corrected chi connectivity index (χ3v) is 4.28. The lowest BCUT2D eigenvalue weighted by molar-refractivity contribution is 0.462. The summed E-state index contributed by atoms with van der Waals surface area (Å²) in [6, 6.07) is 8.52. The molecule has 0 aromatic carbocycles. The molecule has 1 aliphatic rings. The Morgan fingerprint density at radius 1 is 1.19 bits per heavy atom. The van der Waals surface area contributed by atoms with Gasteiger partial charge in [-0.1, -0.05) is 36.9 Å². The van der Waals surface area contributed by atoms with E-state index in [1.54, 1.807) is 6.20 Å². The highest BCUT2D eigenvalue weighted by Gasteiger charge is 2.14. The minimum absolute atomic E-state index is 0.533. The lowest BCUT2D eigenvalue weighted by Gasteiger charge is -2.23. The highest BCUT2D eigenvalue weighted by molar-refractivity contribution is 6.33. The van der Waals surface area contributed by atoms with Gasteiger partial charge in [-0.05, 0) is 38.0 Å². The van der Waals surface area contributed by atoms with Gasteiger partial charge in [-0.2, -0.15) is 0 Å². The maximum atomic E-state index is 6.30. The first-order chi connectivity index (χ1) is 10.2. The van der Waals surface area contributed by atoms with Crippen LogP contribution in [0.15, 0.2) is 30.5 Å². The van der Waals surface area contributed by atoms with E-state index in [1.165, 1.54) is 32.1 Å². The van der Waals surface area contributed by atoms with Gasteiger partial charge in [0.2, 0.25) is 0 Å². The summed E-state index contributed by atoms with van der Waals surface area (Å²) < 4.78 is 0. The fraction of sp³-hybridized carbons (Fsp3) is 0.412. The zero-order chi connectivity index (χ0) is 14.7. The second kappa shape index (κ2) is 6.44. The van der Waals surface area contributed by atoms with Crippen LogP contribution in [-0.4, -0.2) is 16.0 Å². The molecule has 1 saturated carbocycles. The Hall–Kier alpha value is -1.61. The second-order valence-corrected chi connectivity index (χ2v) is 6.10. The normalized spacial score (nSPS) is 15.9. The molecule has 0 atom stereocenters. The van der Waals surface area contributed by atoms with Gasteiger partial charge in [-0.3, -0.25) is 4.98 Å². The topological polar surface area (TPSA) is 37.8 Å². The number of hydrogen-bond donors (Lipinski definition) is 1. The number of rotatable bonds is 3. The summed E-state index contributed by atoms with van der Waals surface area (Å²) in [6.45, 7) is 1.99. The molecule has 0 saturated heterocycles. The molecule has 1 aliphatic carbocycles. The van der Waals surface area contributed by atoms with Crippen LogP contribution in [0.2, 0.25) is 5.02 Å². The van der Waals surface area contributed by atoms with E-state index in [2.05, 4.69) is 15.3 Å². The van der Waals surface area contributed by atoms with E-state index in [9.17, 15) is 0 Å². The monoisotopic (exact) mass is 301 g/mol. The summed E-state index contributed by atoms with van der Waals surface area (Å²) in [5, 5.41) is 4.18. The molecule has 0 bridgehead atoms. The Kier molecular flexibility index (Phi) is 4.39. The Bertz CT molecular complexity index is 621. The molecule has 21 heavy (non-hydrogen) atoms. The molecule has 3 nitrogen and oxygen atoms in total. The van der Waals surface area contributed by atoms with Crippen LogP contribution >= 0.6 is 11.6 Å². The summed E-state index contributed by atoms with van der Waals surface area (Å²) in [6.07, 6.45) is 8.12. The Morgan fingerprint density at radius 2 is 2.00 bits per heavy atom. The van der Waals surface area contributed by atoms with Gasteiger partial charge in [0.1, 0.15) is 5.82 Å². The lowest BCUT2D eigenvalue weighted by Crippen LogP contribution is -2.22. The van der Waals surface area contributed by atoms with Crippen LogP contribution in [-0.2, 0) is 0 Å². The molecule has 110 valence electrons. The van der Waals surface area contributed by atoms with Crippen molar-refractivity contribution in [3.8, 4) is 11.3 Å². The first-order valence-corrected chi connectivity index (χ1v) is 7.96. The van der Waals surface area contributed by atoms with E-state index >= 15 is 0 Å². The maximum absolute atomic E-state index is 6.30. The van der Waals surface area contributed by atoms with Crippen LogP contribution in [0, 0.1) is 6.92 Å². The molecule has 1 fully saturated rings. The van der Waals surface area contributed by atoms with Crippen LogP contribution < -0.4 is 5.32 Å². The van der Waals surface area contributed by atoms with Crippen molar-refractivity contribution in [2.24, 2.45) is 0 Å². The minimum atomic E-state index is 0.533. The van der Waals surface area contributed by atoms with Crippen molar-refractivity contribution in [1.82, 2.24) is 9.97 Å². The molecule has 4 heteroatoms. The van der Waals surface area contributed by atoms with E-state index in [1.807, 2.05) is 31.2 Å². The molecule has 0 spiro atoms. The first-order valence-electron chi connectivity index (χ1n) is 7.58. The fourth-order valence-electron chi connectivity index (χ4n) is 2.86. The van der Waals surface area contributed by atoms with Crippen molar-refractivity contribution in [1.29, 1.82) is 0 Å². The van der Waals surface area contributed by atoms with Crippen LogP contribution in [0.5, 0.6) is 0 Å². The van der Waals surface area contributed by atoms with E-state index in [0.717, 1.165) is 22.8 Å². The summed E-state index contributed by atoms with van der Waals surface area (Å²) in [7, 11) is 0. The third-order valence-electron chi connectivity index (χ3n) is 3.98. The largest absolute Gasteiger partial charge is 0.367 e. The molecule has 1 N–H and O–H groups in total. The predicted molar refractivity (Wildman–Crippen MR) is 87.7 cm³/mol. The number of nitrogens with one attached hydrogen (secondary N) is 1. The van der Waals surface area contributed by atoms with E-state index in [0.29, 0.717) is 11.1 Å². The van der Waals surface area contributed by atoms with Crippen molar-refractivity contribution in [2.45, 2.75) is 45.1 Å². The second-order valence-electron chi connectivity index (χ2n) is 5.69. The SMILES string of the molecule is Cc1cccc(-c2cc(NC3CCCCC3)ncc2Cl)n1. The van der Waals surface area contributed by atoms with Gasteiger partial charge < -0.3 is 5.32 Å². The molecule has 0 aliphatic heterocycles. The van der Waals surface area contributed by atoms with Gasteiger partial charge in [0, 0.05) is 23.5 Å². The molecule has 0 amide bonds. The first kappa shape index (κ1) is 14.3. The van der Waals surface area contributed by atoms with Gasteiger partial charge in [0.25, 0.3) is 0 Å². The summed E-state index contributed by atoms with van der Waals surface area (Å²) in [5.41, 5.74) is 2.82. The molecule has 2 aromatic heterocycles.